The molecule has 0 aromatic heterocycles. The third kappa shape index (κ3) is 3.80. The maximum Gasteiger partial charge on any atom is 0.230 e. The summed E-state index contributed by atoms with van der Waals surface area (Å²) in [5.74, 6) is 0.116. The van der Waals surface area contributed by atoms with Crippen LogP contribution in [-0.4, -0.2) is 25.7 Å². The van der Waals surface area contributed by atoms with Crippen molar-refractivity contribution in [1.82, 2.24) is 5.32 Å². The SMILES string of the molecule is O=C(NCC1(c2cccc(Br)c2)CCOCC1)C1(c2cccc(Cl)c2)CC1. The van der Waals surface area contributed by atoms with Crippen molar-refractivity contribution in [2.75, 3.05) is 19.8 Å². The number of carbonyl (C=O) groups excluding carboxylic acids is 1. The summed E-state index contributed by atoms with van der Waals surface area (Å²) in [6.45, 7) is 2.08. The van der Waals surface area contributed by atoms with Gasteiger partial charge in [-0.15, -0.1) is 0 Å². The molecule has 2 aromatic carbocycles. The van der Waals surface area contributed by atoms with Crippen molar-refractivity contribution in [3.8, 4) is 0 Å². The number of rotatable bonds is 5. The van der Waals surface area contributed by atoms with Gasteiger partial charge in [0.25, 0.3) is 0 Å². The highest BCUT2D eigenvalue weighted by Gasteiger charge is 2.51. The van der Waals surface area contributed by atoms with Crippen molar-refractivity contribution in [3.63, 3.8) is 0 Å². The summed E-state index contributed by atoms with van der Waals surface area (Å²) < 4.78 is 6.67. The lowest BCUT2D eigenvalue weighted by Crippen LogP contribution is -2.47. The second-order valence-corrected chi connectivity index (χ2v) is 9.03. The zero-order chi connectivity index (χ0) is 18.9. The fourth-order valence-corrected chi connectivity index (χ4v) is 4.71. The summed E-state index contributed by atoms with van der Waals surface area (Å²) in [6, 6.07) is 16.1. The van der Waals surface area contributed by atoms with E-state index in [0.29, 0.717) is 11.6 Å². The van der Waals surface area contributed by atoms with Gasteiger partial charge in [0.15, 0.2) is 0 Å². The van der Waals surface area contributed by atoms with Gasteiger partial charge in [-0.1, -0.05) is 51.8 Å². The molecule has 2 fully saturated rings. The van der Waals surface area contributed by atoms with E-state index in [0.717, 1.165) is 48.9 Å². The van der Waals surface area contributed by atoms with Gasteiger partial charge in [0.2, 0.25) is 5.91 Å². The molecule has 0 radical (unpaired) electrons. The minimum atomic E-state index is -0.408. The molecule has 1 N–H and O–H groups in total. The van der Waals surface area contributed by atoms with Crippen molar-refractivity contribution in [3.05, 3.63) is 69.2 Å². The molecule has 142 valence electrons. The number of benzene rings is 2. The standard InChI is InChI=1S/C22H23BrClNO2/c23-18-5-1-3-16(13-18)21(9-11-27-12-10-21)15-25-20(26)22(7-8-22)17-4-2-6-19(24)14-17/h1-6,13-14H,7-12,15H2,(H,25,26). The monoisotopic (exact) mass is 447 g/mol. The van der Waals surface area contributed by atoms with Gasteiger partial charge in [-0.2, -0.15) is 0 Å². The number of hydrogen-bond acceptors (Lipinski definition) is 2. The minimum Gasteiger partial charge on any atom is -0.381 e. The Kier molecular flexibility index (Phi) is 5.32. The Morgan fingerprint density at radius 2 is 1.74 bits per heavy atom. The predicted molar refractivity (Wildman–Crippen MR) is 111 cm³/mol. The van der Waals surface area contributed by atoms with Crippen LogP contribution in [0.2, 0.25) is 5.02 Å². The van der Waals surface area contributed by atoms with Crippen molar-refractivity contribution in [2.45, 2.75) is 36.5 Å². The van der Waals surface area contributed by atoms with E-state index in [9.17, 15) is 4.79 Å². The molecule has 0 spiro atoms. The van der Waals surface area contributed by atoms with Crippen LogP contribution in [0.1, 0.15) is 36.8 Å². The lowest BCUT2D eigenvalue weighted by atomic mass is 9.74. The van der Waals surface area contributed by atoms with Crippen LogP contribution in [-0.2, 0) is 20.4 Å². The van der Waals surface area contributed by atoms with Gasteiger partial charge in [0.05, 0.1) is 5.41 Å². The van der Waals surface area contributed by atoms with Crippen LogP contribution in [0, 0.1) is 0 Å². The molecule has 1 aliphatic carbocycles. The largest absolute Gasteiger partial charge is 0.381 e. The first kappa shape index (κ1) is 19.0. The summed E-state index contributed by atoms with van der Waals surface area (Å²) in [7, 11) is 0. The minimum absolute atomic E-state index is 0.0812. The van der Waals surface area contributed by atoms with E-state index in [1.54, 1.807) is 0 Å². The molecule has 1 aliphatic heterocycles. The maximum absolute atomic E-state index is 13.1. The topological polar surface area (TPSA) is 38.3 Å². The molecule has 0 unspecified atom stereocenters. The Hall–Kier alpha value is -1.36. The van der Waals surface area contributed by atoms with E-state index >= 15 is 0 Å². The highest BCUT2D eigenvalue weighted by molar-refractivity contribution is 9.10. The van der Waals surface area contributed by atoms with Crippen molar-refractivity contribution in [1.29, 1.82) is 0 Å². The number of carbonyl (C=O) groups is 1. The van der Waals surface area contributed by atoms with Gasteiger partial charge in [-0.3, -0.25) is 4.79 Å². The third-order valence-electron chi connectivity index (χ3n) is 6.04. The van der Waals surface area contributed by atoms with Crippen LogP contribution in [0.4, 0.5) is 0 Å². The zero-order valence-corrected chi connectivity index (χ0v) is 17.5. The first-order valence-corrected chi connectivity index (χ1v) is 10.6. The number of ether oxygens (including phenoxy) is 1. The van der Waals surface area contributed by atoms with E-state index in [2.05, 4.69) is 39.4 Å². The van der Waals surface area contributed by atoms with Crippen LogP contribution in [0.3, 0.4) is 0 Å². The van der Waals surface area contributed by atoms with E-state index in [1.807, 2.05) is 30.3 Å². The molecular formula is C22H23BrClNO2. The molecule has 1 saturated carbocycles. The van der Waals surface area contributed by atoms with Crippen LogP contribution < -0.4 is 5.32 Å². The second-order valence-electron chi connectivity index (χ2n) is 7.68. The molecule has 1 heterocycles. The molecule has 2 aromatic rings. The number of halogens is 2. The normalized spacial score (nSPS) is 20.1. The van der Waals surface area contributed by atoms with Gasteiger partial charge in [0.1, 0.15) is 0 Å². The molecule has 3 nitrogen and oxygen atoms in total. The number of hydrogen-bond donors (Lipinski definition) is 1. The zero-order valence-electron chi connectivity index (χ0n) is 15.1. The average Bonchev–Trinajstić information content (AvgIpc) is 3.49. The number of amides is 1. The smallest absolute Gasteiger partial charge is 0.230 e. The van der Waals surface area contributed by atoms with E-state index in [4.69, 9.17) is 16.3 Å². The Bertz CT molecular complexity index is 844. The van der Waals surface area contributed by atoms with Gasteiger partial charge in [-0.05, 0) is 61.1 Å². The first-order chi connectivity index (χ1) is 13.0. The summed E-state index contributed by atoms with van der Waals surface area (Å²) in [5.41, 5.74) is 1.79. The predicted octanol–water partition coefficient (Wildman–Crippen LogP) is 5.00. The molecule has 0 bridgehead atoms. The molecular weight excluding hydrogens is 426 g/mol. The van der Waals surface area contributed by atoms with Crippen molar-refractivity contribution >= 4 is 33.4 Å². The summed E-state index contributed by atoms with van der Waals surface area (Å²) in [4.78, 5) is 13.1. The Morgan fingerprint density at radius 1 is 1.04 bits per heavy atom. The third-order valence-corrected chi connectivity index (χ3v) is 6.76. The maximum atomic E-state index is 13.1. The van der Waals surface area contributed by atoms with Gasteiger partial charge < -0.3 is 10.1 Å². The quantitative estimate of drug-likeness (QED) is 0.699. The van der Waals surface area contributed by atoms with Gasteiger partial charge in [0, 0.05) is 34.7 Å². The van der Waals surface area contributed by atoms with Crippen LogP contribution in [0.15, 0.2) is 53.0 Å². The fourth-order valence-electron chi connectivity index (χ4n) is 4.12. The van der Waals surface area contributed by atoms with Crippen LogP contribution in [0.5, 0.6) is 0 Å². The van der Waals surface area contributed by atoms with Gasteiger partial charge in [-0.25, -0.2) is 0 Å². The summed E-state index contributed by atoms with van der Waals surface area (Å²) in [6.07, 6.45) is 3.58. The summed E-state index contributed by atoms with van der Waals surface area (Å²) >= 11 is 9.73. The lowest BCUT2D eigenvalue weighted by molar-refractivity contribution is -0.124. The Balaban J connectivity index is 1.54. The van der Waals surface area contributed by atoms with Gasteiger partial charge >= 0.3 is 0 Å². The van der Waals surface area contributed by atoms with E-state index in [1.165, 1.54) is 5.56 Å². The van der Waals surface area contributed by atoms with Crippen LogP contribution in [0.25, 0.3) is 0 Å². The highest BCUT2D eigenvalue weighted by atomic mass is 79.9. The molecule has 0 atom stereocenters. The second kappa shape index (κ2) is 7.57. The number of nitrogens with one attached hydrogen (secondary N) is 1. The average molecular weight is 449 g/mol. The van der Waals surface area contributed by atoms with Crippen molar-refractivity contribution < 1.29 is 9.53 Å². The molecule has 27 heavy (non-hydrogen) atoms. The van der Waals surface area contributed by atoms with Crippen LogP contribution >= 0.6 is 27.5 Å². The molecule has 4 rings (SSSR count). The van der Waals surface area contributed by atoms with Crippen molar-refractivity contribution in [2.24, 2.45) is 0 Å². The Morgan fingerprint density at radius 3 is 2.41 bits per heavy atom. The highest BCUT2D eigenvalue weighted by Crippen LogP contribution is 2.49. The fraction of sp³-hybridized carbons (Fsp3) is 0.409. The molecule has 1 saturated heterocycles. The molecule has 2 aliphatic rings. The lowest BCUT2D eigenvalue weighted by Gasteiger charge is -2.38. The molecule has 1 amide bonds. The Labute approximate surface area is 173 Å². The van der Waals surface area contributed by atoms with E-state index < -0.39 is 5.41 Å². The first-order valence-electron chi connectivity index (χ1n) is 9.42. The van der Waals surface area contributed by atoms with E-state index in [-0.39, 0.29) is 11.3 Å². The summed E-state index contributed by atoms with van der Waals surface area (Å²) in [5, 5.41) is 3.96. The molecule has 5 heteroatoms.